The van der Waals surface area contributed by atoms with Gasteiger partial charge < -0.3 is 5.11 Å². The molecule has 1 N–H and O–H groups in total. The normalized spacial score (nSPS) is 23.2. The fourth-order valence-corrected chi connectivity index (χ4v) is 6.76. The molecule has 0 unspecified atom stereocenters. The smallest absolute Gasteiger partial charge is 0.243 e. The maximum atomic E-state index is 13.4. The molecule has 2 saturated heterocycles. The molecule has 7 heteroatoms. The number of hydrogen-bond donors (Lipinski definition) is 1. The second-order valence-corrected chi connectivity index (χ2v) is 11.0. The van der Waals surface area contributed by atoms with E-state index < -0.39 is 10.0 Å². The number of nitrogens with zero attached hydrogens (tertiary/aromatic N) is 3. The lowest BCUT2D eigenvalue weighted by Crippen LogP contribution is -2.67. The van der Waals surface area contributed by atoms with E-state index in [1.165, 1.54) is 0 Å². The third-order valence-corrected chi connectivity index (χ3v) is 8.90. The van der Waals surface area contributed by atoms with Gasteiger partial charge in [0, 0.05) is 54.6 Å². The Hall–Kier alpha value is -3.02. The highest BCUT2D eigenvalue weighted by Crippen LogP contribution is 2.42. The second kappa shape index (κ2) is 10.3. The van der Waals surface area contributed by atoms with Gasteiger partial charge >= 0.3 is 0 Å². The summed E-state index contributed by atoms with van der Waals surface area (Å²) < 4.78 is 28.4. The average molecular weight is 488 g/mol. The molecule has 180 valence electrons. The highest BCUT2D eigenvalue weighted by atomic mass is 32.2. The molecule has 6 nitrogen and oxygen atoms in total. The fraction of sp³-hybridized carbons (Fsp3) is 0.321. The van der Waals surface area contributed by atoms with E-state index in [2.05, 4.69) is 33.9 Å². The van der Waals surface area contributed by atoms with Gasteiger partial charge in [-0.25, -0.2) is 8.42 Å². The van der Waals surface area contributed by atoms with E-state index in [-0.39, 0.29) is 24.6 Å². The summed E-state index contributed by atoms with van der Waals surface area (Å²) in [5.74, 6) is 6.35. The summed E-state index contributed by atoms with van der Waals surface area (Å²) in [4.78, 5) is 6.71. The van der Waals surface area contributed by atoms with Crippen LogP contribution in [0.2, 0.25) is 0 Å². The lowest BCUT2D eigenvalue weighted by molar-refractivity contribution is -0.0553. The minimum atomic E-state index is -3.57. The maximum absolute atomic E-state index is 13.4. The van der Waals surface area contributed by atoms with Gasteiger partial charge in [-0.1, -0.05) is 42.2 Å². The number of aliphatic hydroxyl groups is 1. The summed E-state index contributed by atoms with van der Waals surface area (Å²) in [7, 11) is -3.57. The molecule has 0 radical (unpaired) electrons. The van der Waals surface area contributed by atoms with Crippen molar-refractivity contribution in [1.82, 2.24) is 14.2 Å². The van der Waals surface area contributed by atoms with Crippen molar-refractivity contribution in [3.8, 4) is 11.8 Å². The summed E-state index contributed by atoms with van der Waals surface area (Å²) in [5, 5.41) is 10.2. The molecule has 3 heterocycles. The summed E-state index contributed by atoms with van der Waals surface area (Å²) in [6.45, 7) is 1.86. The van der Waals surface area contributed by atoms with E-state index in [1.54, 1.807) is 41.0 Å². The Labute approximate surface area is 207 Å². The molecule has 0 spiro atoms. The molecular weight excluding hydrogens is 458 g/mol. The minimum Gasteiger partial charge on any atom is -0.395 e. The molecule has 2 aliphatic rings. The van der Waals surface area contributed by atoms with E-state index in [1.807, 2.05) is 30.3 Å². The zero-order chi connectivity index (χ0) is 24.3. The number of fused-ring (bicyclic) bond motifs is 1. The Kier molecular flexibility index (Phi) is 6.98. The average Bonchev–Trinajstić information content (AvgIpc) is 2.88. The van der Waals surface area contributed by atoms with Crippen LogP contribution in [0.3, 0.4) is 0 Å². The van der Waals surface area contributed by atoms with Crippen LogP contribution in [0.5, 0.6) is 0 Å². The van der Waals surface area contributed by atoms with Gasteiger partial charge in [0.1, 0.15) is 0 Å². The Morgan fingerprint density at radius 1 is 0.914 bits per heavy atom. The highest BCUT2D eigenvalue weighted by molar-refractivity contribution is 7.89. The van der Waals surface area contributed by atoms with Crippen molar-refractivity contribution in [3.63, 3.8) is 0 Å². The van der Waals surface area contributed by atoms with Crippen molar-refractivity contribution in [2.24, 2.45) is 0 Å². The highest BCUT2D eigenvalue weighted by Gasteiger charge is 2.50. The molecule has 0 bridgehead atoms. The molecule has 3 aromatic rings. The number of aromatic nitrogens is 1. The first kappa shape index (κ1) is 23.7. The zero-order valence-electron chi connectivity index (χ0n) is 19.5. The molecule has 2 fully saturated rings. The minimum absolute atomic E-state index is 0.00768. The van der Waals surface area contributed by atoms with E-state index in [4.69, 9.17) is 0 Å². The number of hydrogen-bond acceptors (Lipinski definition) is 5. The molecule has 3 atom stereocenters. The Bertz CT molecular complexity index is 1300. The summed E-state index contributed by atoms with van der Waals surface area (Å²) in [6, 6.07) is 20.6. The first-order valence-electron chi connectivity index (χ1n) is 12.0. The molecule has 0 aliphatic carbocycles. The van der Waals surface area contributed by atoms with Gasteiger partial charge in [-0.2, -0.15) is 4.31 Å². The van der Waals surface area contributed by atoms with E-state index in [0.29, 0.717) is 18.0 Å². The van der Waals surface area contributed by atoms with Gasteiger partial charge in [-0.3, -0.25) is 9.88 Å². The first-order chi connectivity index (χ1) is 17.1. The van der Waals surface area contributed by atoms with Crippen LogP contribution in [0.1, 0.15) is 35.4 Å². The van der Waals surface area contributed by atoms with Crippen molar-refractivity contribution in [3.05, 3.63) is 95.8 Å². The van der Waals surface area contributed by atoms with E-state index >= 15 is 0 Å². The molecule has 1 aromatic heterocycles. The van der Waals surface area contributed by atoms with Gasteiger partial charge in [0.15, 0.2) is 0 Å². The second-order valence-electron chi connectivity index (χ2n) is 9.08. The quantitative estimate of drug-likeness (QED) is 0.573. The van der Waals surface area contributed by atoms with Crippen molar-refractivity contribution in [2.75, 3.05) is 26.2 Å². The molecule has 2 aromatic carbocycles. The summed E-state index contributed by atoms with van der Waals surface area (Å²) in [5.41, 5.74) is 2.87. The largest absolute Gasteiger partial charge is 0.395 e. The van der Waals surface area contributed by atoms with Gasteiger partial charge in [0.25, 0.3) is 0 Å². The van der Waals surface area contributed by atoms with Crippen molar-refractivity contribution < 1.29 is 13.5 Å². The zero-order valence-corrected chi connectivity index (χ0v) is 20.3. The molecule has 5 rings (SSSR count). The van der Waals surface area contributed by atoms with Gasteiger partial charge in [-0.05, 0) is 61.3 Å². The third-order valence-electron chi connectivity index (χ3n) is 7.02. The molecule has 0 amide bonds. The van der Waals surface area contributed by atoms with Gasteiger partial charge in [-0.15, -0.1) is 0 Å². The monoisotopic (exact) mass is 487 g/mol. The van der Waals surface area contributed by atoms with Crippen LogP contribution < -0.4 is 0 Å². The van der Waals surface area contributed by atoms with Crippen LogP contribution in [0.25, 0.3) is 0 Å². The Balaban J connectivity index is 1.38. The number of rotatable bonds is 4. The number of aliphatic hydroxyl groups excluding tert-OH is 1. The molecular formula is C28H29N3O3S. The predicted octanol–water partition coefficient (Wildman–Crippen LogP) is 3.09. The summed E-state index contributed by atoms with van der Waals surface area (Å²) in [6.07, 6.45) is 5.17. The molecule has 2 aliphatic heterocycles. The number of benzene rings is 2. The van der Waals surface area contributed by atoms with E-state index in [0.717, 1.165) is 36.1 Å². The van der Waals surface area contributed by atoms with E-state index in [9.17, 15) is 13.5 Å². The predicted molar refractivity (Wildman–Crippen MR) is 135 cm³/mol. The summed E-state index contributed by atoms with van der Waals surface area (Å²) >= 11 is 0. The molecule has 35 heavy (non-hydrogen) atoms. The SMILES string of the molecule is O=S(=O)(c1ccccc1)N1CCCCN2[C@H](CO)[C@H](c3ccc(C#Cc4cccnc4)cc3)[C@H]2C1. The lowest BCUT2D eigenvalue weighted by atomic mass is 9.74. The topological polar surface area (TPSA) is 73.7 Å². The third kappa shape index (κ3) is 4.89. The van der Waals surface area contributed by atoms with Crippen LogP contribution in [0.15, 0.2) is 84.0 Å². The van der Waals surface area contributed by atoms with Crippen molar-refractivity contribution >= 4 is 10.0 Å². The number of pyridine rings is 1. The van der Waals surface area contributed by atoms with Crippen LogP contribution >= 0.6 is 0 Å². The Morgan fingerprint density at radius 2 is 1.66 bits per heavy atom. The first-order valence-corrected chi connectivity index (χ1v) is 13.5. The number of sulfonamides is 1. The lowest BCUT2D eigenvalue weighted by Gasteiger charge is -2.57. The van der Waals surface area contributed by atoms with Crippen LogP contribution in [0.4, 0.5) is 0 Å². The van der Waals surface area contributed by atoms with Gasteiger partial charge in [0.2, 0.25) is 10.0 Å². The molecule has 0 saturated carbocycles. The van der Waals surface area contributed by atoms with Crippen LogP contribution in [0, 0.1) is 11.8 Å². The van der Waals surface area contributed by atoms with Gasteiger partial charge in [0.05, 0.1) is 11.5 Å². The Morgan fingerprint density at radius 3 is 2.37 bits per heavy atom. The van der Waals surface area contributed by atoms with Crippen molar-refractivity contribution in [1.29, 1.82) is 0 Å². The standard InChI is InChI=1S/C28H29N3O3S/c32-21-27-28(24-14-12-22(13-15-24)10-11-23-7-6-16-29-19-23)26-20-30(17-4-5-18-31(26)27)35(33,34)25-8-2-1-3-9-25/h1-3,6-9,12-16,19,26-28,32H,4-5,17-18,20-21H2/t26-,27-,28-/m1/s1. The fourth-order valence-electron chi connectivity index (χ4n) is 5.24. The van der Waals surface area contributed by atoms with Crippen LogP contribution in [-0.2, 0) is 10.0 Å². The maximum Gasteiger partial charge on any atom is 0.243 e. The van der Waals surface area contributed by atoms with Crippen molar-refractivity contribution in [2.45, 2.75) is 35.7 Å². The van der Waals surface area contributed by atoms with Crippen LogP contribution in [-0.4, -0.2) is 66.0 Å².